The molecule has 0 radical (unpaired) electrons. The minimum Gasteiger partial charge on any atom is -0.394 e. The summed E-state index contributed by atoms with van der Waals surface area (Å²) < 4.78 is 1.69. The van der Waals surface area contributed by atoms with Crippen LogP contribution in [-0.2, 0) is 0 Å². The van der Waals surface area contributed by atoms with Gasteiger partial charge in [0.05, 0.1) is 29.1 Å². The number of aromatic nitrogens is 3. The van der Waals surface area contributed by atoms with Crippen molar-refractivity contribution < 1.29 is 9.90 Å². The monoisotopic (exact) mass is 288 g/mol. The van der Waals surface area contributed by atoms with Crippen molar-refractivity contribution >= 4 is 11.6 Å². The third kappa shape index (κ3) is 2.40. The number of aryl methyl sites for hydroxylation is 2. The van der Waals surface area contributed by atoms with E-state index in [9.17, 15) is 9.90 Å². The van der Waals surface area contributed by atoms with Crippen molar-refractivity contribution in [2.75, 3.05) is 6.61 Å². The Kier molecular flexibility index (Phi) is 3.41. The largest absolute Gasteiger partial charge is 0.394 e. The fraction of sp³-hybridized carbons (Fsp3) is 0.533. The number of hydrogen-bond donors (Lipinski definition) is 2. The van der Waals surface area contributed by atoms with E-state index in [0.29, 0.717) is 5.56 Å². The molecule has 1 aliphatic rings. The Morgan fingerprint density at radius 2 is 2.14 bits per heavy atom. The molecule has 1 fully saturated rings. The van der Waals surface area contributed by atoms with Crippen molar-refractivity contribution in [1.82, 2.24) is 19.9 Å². The zero-order chi connectivity index (χ0) is 15.0. The van der Waals surface area contributed by atoms with Crippen molar-refractivity contribution in [3.63, 3.8) is 0 Å². The molecule has 0 unspecified atom stereocenters. The van der Waals surface area contributed by atoms with Crippen molar-refractivity contribution in [1.29, 1.82) is 0 Å². The van der Waals surface area contributed by atoms with Crippen LogP contribution in [0.5, 0.6) is 0 Å². The molecular weight excluding hydrogens is 268 g/mol. The van der Waals surface area contributed by atoms with E-state index >= 15 is 0 Å². The third-order valence-corrected chi connectivity index (χ3v) is 4.33. The van der Waals surface area contributed by atoms with Gasteiger partial charge in [0.1, 0.15) is 0 Å². The smallest absolute Gasteiger partial charge is 0.255 e. The van der Waals surface area contributed by atoms with Crippen LogP contribution < -0.4 is 5.32 Å². The summed E-state index contributed by atoms with van der Waals surface area (Å²) in [6.07, 6.45) is 5.31. The van der Waals surface area contributed by atoms with Crippen LogP contribution in [0, 0.1) is 13.8 Å². The highest BCUT2D eigenvalue weighted by molar-refractivity contribution is 5.95. The number of fused-ring (bicyclic) bond motifs is 1. The van der Waals surface area contributed by atoms with Gasteiger partial charge >= 0.3 is 0 Å². The van der Waals surface area contributed by atoms with E-state index in [4.69, 9.17) is 0 Å². The second kappa shape index (κ2) is 5.11. The molecule has 0 saturated heterocycles. The molecule has 2 aromatic rings. The highest BCUT2D eigenvalue weighted by Gasteiger charge is 2.35. The first-order chi connectivity index (χ1) is 10.0. The second-order valence-electron chi connectivity index (χ2n) is 5.91. The van der Waals surface area contributed by atoms with E-state index in [1.807, 2.05) is 19.9 Å². The summed E-state index contributed by atoms with van der Waals surface area (Å²) in [6.45, 7) is 3.73. The zero-order valence-corrected chi connectivity index (χ0v) is 12.4. The average Bonchev–Trinajstić information content (AvgIpc) is 3.06. The van der Waals surface area contributed by atoms with Crippen molar-refractivity contribution in [3.8, 4) is 0 Å². The normalized spacial score (nSPS) is 17.3. The lowest BCUT2D eigenvalue weighted by Gasteiger charge is -2.28. The molecule has 0 aromatic carbocycles. The minimum absolute atomic E-state index is 0.0195. The molecule has 0 bridgehead atoms. The molecule has 2 aromatic heterocycles. The van der Waals surface area contributed by atoms with Gasteiger partial charge in [-0.3, -0.25) is 4.79 Å². The molecular formula is C15H20N4O2. The van der Waals surface area contributed by atoms with Gasteiger partial charge < -0.3 is 10.4 Å². The first-order valence-corrected chi connectivity index (χ1v) is 7.30. The molecule has 0 atom stereocenters. The summed E-state index contributed by atoms with van der Waals surface area (Å²) in [5.41, 5.74) is 2.39. The number of hydrogen-bond acceptors (Lipinski definition) is 4. The van der Waals surface area contributed by atoms with E-state index in [1.54, 1.807) is 10.7 Å². The number of carbonyl (C=O) groups is 1. The zero-order valence-electron chi connectivity index (χ0n) is 12.4. The van der Waals surface area contributed by atoms with Crippen molar-refractivity contribution in [2.24, 2.45) is 0 Å². The Balaban J connectivity index is 1.92. The van der Waals surface area contributed by atoms with E-state index < -0.39 is 5.54 Å². The fourth-order valence-corrected chi connectivity index (χ4v) is 3.07. The van der Waals surface area contributed by atoms with E-state index in [1.165, 1.54) is 0 Å². The van der Waals surface area contributed by atoms with Gasteiger partial charge in [-0.1, -0.05) is 12.8 Å². The van der Waals surface area contributed by atoms with Crippen LogP contribution in [-0.4, -0.2) is 37.8 Å². The van der Waals surface area contributed by atoms with Crippen LogP contribution in [0.25, 0.3) is 5.65 Å². The van der Waals surface area contributed by atoms with Gasteiger partial charge in [-0.05, 0) is 26.7 Å². The molecule has 112 valence electrons. The van der Waals surface area contributed by atoms with Gasteiger partial charge in [0.15, 0.2) is 5.65 Å². The standard InChI is InChI=1S/C15H20N4O2/c1-10-7-13-16-8-12(11(2)19(13)18-10)14(21)17-15(9-20)5-3-4-6-15/h7-8,20H,3-6,9H2,1-2H3,(H,17,21). The number of aliphatic hydroxyl groups is 1. The lowest BCUT2D eigenvalue weighted by Crippen LogP contribution is -2.49. The number of carbonyl (C=O) groups excluding carboxylic acids is 1. The quantitative estimate of drug-likeness (QED) is 0.894. The van der Waals surface area contributed by atoms with Crippen molar-refractivity contribution in [3.05, 3.63) is 29.2 Å². The van der Waals surface area contributed by atoms with Crippen LogP contribution >= 0.6 is 0 Å². The molecule has 1 amide bonds. The highest BCUT2D eigenvalue weighted by atomic mass is 16.3. The Morgan fingerprint density at radius 1 is 1.43 bits per heavy atom. The molecule has 21 heavy (non-hydrogen) atoms. The van der Waals surface area contributed by atoms with Gasteiger partial charge in [-0.15, -0.1) is 0 Å². The fourth-order valence-electron chi connectivity index (χ4n) is 3.07. The maximum Gasteiger partial charge on any atom is 0.255 e. The predicted molar refractivity (Wildman–Crippen MR) is 78.2 cm³/mol. The summed E-state index contributed by atoms with van der Waals surface area (Å²) in [7, 11) is 0. The van der Waals surface area contributed by atoms with Crippen LogP contribution in [0.2, 0.25) is 0 Å². The first-order valence-electron chi connectivity index (χ1n) is 7.30. The topological polar surface area (TPSA) is 79.5 Å². The molecule has 6 heteroatoms. The molecule has 6 nitrogen and oxygen atoms in total. The second-order valence-corrected chi connectivity index (χ2v) is 5.91. The van der Waals surface area contributed by atoms with E-state index in [0.717, 1.165) is 42.7 Å². The van der Waals surface area contributed by atoms with Crippen LogP contribution in [0.15, 0.2) is 12.3 Å². The van der Waals surface area contributed by atoms with E-state index in [2.05, 4.69) is 15.4 Å². The Bertz CT molecular complexity index is 686. The number of rotatable bonds is 3. The number of aliphatic hydroxyl groups excluding tert-OH is 1. The summed E-state index contributed by atoms with van der Waals surface area (Å²) in [4.78, 5) is 16.8. The maximum absolute atomic E-state index is 12.5. The lowest BCUT2D eigenvalue weighted by molar-refractivity contribution is 0.0837. The highest BCUT2D eigenvalue weighted by Crippen LogP contribution is 2.29. The Labute approximate surface area is 123 Å². The van der Waals surface area contributed by atoms with E-state index in [-0.39, 0.29) is 12.5 Å². The molecule has 3 rings (SSSR count). The summed E-state index contributed by atoms with van der Waals surface area (Å²) in [5.74, 6) is -0.189. The summed E-state index contributed by atoms with van der Waals surface area (Å²) in [5, 5.41) is 17.0. The van der Waals surface area contributed by atoms with Crippen LogP contribution in [0.4, 0.5) is 0 Å². The summed E-state index contributed by atoms with van der Waals surface area (Å²) >= 11 is 0. The molecule has 0 aliphatic heterocycles. The Hall–Kier alpha value is -1.95. The first kappa shape index (κ1) is 14.0. The SMILES string of the molecule is Cc1cc2ncc(C(=O)NC3(CO)CCCC3)c(C)n2n1. The average molecular weight is 288 g/mol. The number of amides is 1. The van der Waals surface area contributed by atoms with Gasteiger partial charge in [0, 0.05) is 12.3 Å². The number of nitrogens with zero attached hydrogens (tertiary/aromatic N) is 3. The third-order valence-electron chi connectivity index (χ3n) is 4.33. The Morgan fingerprint density at radius 3 is 2.81 bits per heavy atom. The van der Waals surface area contributed by atoms with Crippen LogP contribution in [0.1, 0.15) is 47.4 Å². The van der Waals surface area contributed by atoms with Crippen LogP contribution in [0.3, 0.4) is 0 Å². The molecule has 0 spiro atoms. The minimum atomic E-state index is -0.474. The van der Waals surface area contributed by atoms with Gasteiger partial charge in [0.25, 0.3) is 5.91 Å². The van der Waals surface area contributed by atoms with Gasteiger partial charge in [-0.25, -0.2) is 9.50 Å². The van der Waals surface area contributed by atoms with Gasteiger partial charge in [-0.2, -0.15) is 5.10 Å². The molecule has 2 heterocycles. The molecule has 2 N–H and O–H groups in total. The number of nitrogens with one attached hydrogen (secondary N) is 1. The predicted octanol–water partition coefficient (Wildman–Crippen LogP) is 1.38. The maximum atomic E-state index is 12.5. The van der Waals surface area contributed by atoms with Gasteiger partial charge in [0.2, 0.25) is 0 Å². The lowest BCUT2D eigenvalue weighted by atomic mass is 9.98. The summed E-state index contributed by atoms with van der Waals surface area (Å²) in [6, 6.07) is 1.88. The molecule has 1 saturated carbocycles. The molecule has 1 aliphatic carbocycles. The van der Waals surface area contributed by atoms with Crippen molar-refractivity contribution in [2.45, 2.75) is 45.1 Å².